The van der Waals surface area contributed by atoms with Crippen LogP contribution in [0.3, 0.4) is 0 Å². The first-order valence-electron chi connectivity index (χ1n) is 11.2. The van der Waals surface area contributed by atoms with Gasteiger partial charge in [-0.25, -0.2) is 8.42 Å². The van der Waals surface area contributed by atoms with Crippen LogP contribution in [0.5, 0.6) is 5.75 Å². The number of fused-ring (bicyclic) bond motifs is 3. The van der Waals surface area contributed by atoms with Gasteiger partial charge in [0.2, 0.25) is 0 Å². The van der Waals surface area contributed by atoms with Crippen LogP contribution in [0.15, 0.2) is 77.7 Å². The largest absolute Gasteiger partial charge is 0.497 e. The van der Waals surface area contributed by atoms with Crippen molar-refractivity contribution in [2.75, 3.05) is 17.1 Å². The van der Waals surface area contributed by atoms with Crippen LogP contribution in [0.25, 0.3) is 0 Å². The van der Waals surface area contributed by atoms with Crippen LogP contribution in [0.1, 0.15) is 40.6 Å². The first kappa shape index (κ1) is 21.6. The molecule has 6 heteroatoms. The van der Waals surface area contributed by atoms with E-state index in [1.807, 2.05) is 12.1 Å². The highest BCUT2D eigenvalue weighted by Gasteiger charge is 2.39. The minimum Gasteiger partial charge on any atom is -0.497 e. The van der Waals surface area contributed by atoms with E-state index in [1.54, 1.807) is 37.4 Å². The van der Waals surface area contributed by atoms with Gasteiger partial charge in [0.05, 0.1) is 23.7 Å². The molecule has 0 aromatic heterocycles. The van der Waals surface area contributed by atoms with E-state index < -0.39 is 10.0 Å². The van der Waals surface area contributed by atoms with Crippen LogP contribution in [0.4, 0.5) is 11.4 Å². The molecule has 5 rings (SSSR count). The molecule has 2 N–H and O–H groups in total. The second kappa shape index (κ2) is 8.27. The number of hydrogen-bond acceptors (Lipinski definition) is 4. The summed E-state index contributed by atoms with van der Waals surface area (Å²) >= 11 is 0. The van der Waals surface area contributed by atoms with E-state index in [1.165, 1.54) is 16.7 Å². The molecule has 1 aliphatic heterocycles. The fourth-order valence-corrected chi connectivity index (χ4v) is 6.13. The number of allylic oxidation sites excluding steroid dienone is 2. The lowest BCUT2D eigenvalue weighted by Gasteiger charge is -2.38. The summed E-state index contributed by atoms with van der Waals surface area (Å²) in [5.41, 5.74) is 6.33. The smallest absolute Gasteiger partial charge is 0.261 e. The standard InChI is InChI=1S/C27H28N2O3S/c1-17-10-11-18(2)24(14-17)27-23-9-5-8-22(23)25-16-21(12-13-26(25)28-27)33(30,31)29-19-6-4-7-20(15-19)32-3/h4-8,10-16,22-23,27-29H,9H2,1-3H3/t22-,23+,27-/m0/s1. The van der Waals surface area contributed by atoms with Gasteiger partial charge in [0.25, 0.3) is 10.0 Å². The molecule has 0 saturated carbocycles. The number of nitrogens with one attached hydrogen (secondary N) is 2. The van der Waals surface area contributed by atoms with Crippen LogP contribution in [0.2, 0.25) is 0 Å². The summed E-state index contributed by atoms with van der Waals surface area (Å²) < 4.78 is 34.2. The van der Waals surface area contributed by atoms with Crippen molar-refractivity contribution in [1.82, 2.24) is 0 Å². The van der Waals surface area contributed by atoms with Gasteiger partial charge in [-0.2, -0.15) is 0 Å². The first-order valence-corrected chi connectivity index (χ1v) is 12.7. The van der Waals surface area contributed by atoms with Gasteiger partial charge in [0.15, 0.2) is 0 Å². The zero-order valence-corrected chi connectivity index (χ0v) is 19.8. The quantitative estimate of drug-likeness (QED) is 0.463. The van der Waals surface area contributed by atoms with Crippen LogP contribution >= 0.6 is 0 Å². The summed E-state index contributed by atoms with van der Waals surface area (Å²) in [4.78, 5) is 0.259. The Hall–Kier alpha value is -3.25. The Morgan fingerprint density at radius 2 is 1.85 bits per heavy atom. The molecule has 1 heterocycles. The van der Waals surface area contributed by atoms with Crippen molar-refractivity contribution >= 4 is 21.4 Å². The Labute approximate surface area is 195 Å². The number of benzene rings is 3. The molecule has 0 unspecified atom stereocenters. The van der Waals surface area contributed by atoms with Crippen molar-refractivity contribution in [3.05, 3.63) is 95.1 Å². The Bertz CT molecular complexity index is 1350. The fraction of sp³-hybridized carbons (Fsp3) is 0.259. The van der Waals surface area contributed by atoms with Crippen LogP contribution in [-0.4, -0.2) is 15.5 Å². The number of ether oxygens (including phenoxy) is 1. The molecular formula is C27H28N2O3S. The van der Waals surface area contributed by atoms with E-state index >= 15 is 0 Å². The molecule has 3 aromatic carbocycles. The Morgan fingerprint density at radius 3 is 2.67 bits per heavy atom. The lowest BCUT2D eigenvalue weighted by atomic mass is 9.76. The van der Waals surface area contributed by atoms with Gasteiger partial charge in [-0.05, 0) is 73.2 Å². The van der Waals surface area contributed by atoms with E-state index in [9.17, 15) is 8.42 Å². The number of rotatable bonds is 5. The lowest BCUT2D eigenvalue weighted by molar-refractivity contribution is 0.415. The third-order valence-corrected chi connectivity index (χ3v) is 8.12. The van der Waals surface area contributed by atoms with Crippen molar-refractivity contribution in [3.63, 3.8) is 0 Å². The van der Waals surface area contributed by atoms with E-state index in [4.69, 9.17) is 4.74 Å². The summed E-state index contributed by atoms with van der Waals surface area (Å²) in [5.74, 6) is 1.13. The maximum Gasteiger partial charge on any atom is 0.261 e. The molecule has 33 heavy (non-hydrogen) atoms. The van der Waals surface area contributed by atoms with E-state index in [-0.39, 0.29) is 16.9 Å². The molecular weight excluding hydrogens is 432 g/mol. The van der Waals surface area contributed by atoms with Gasteiger partial charge in [-0.3, -0.25) is 4.72 Å². The van der Waals surface area contributed by atoms with Crippen molar-refractivity contribution in [1.29, 1.82) is 0 Å². The number of methoxy groups -OCH3 is 1. The molecule has 5 nitrogen and oxygen atoms in total. The predicted molar refractivity (Wildman–Crippen MR) is 133 cm³/mol. The molecule has 3 atom stereocenters. The highest BCUT2D eigenvalue weighted by atomic mass is 32.2. The van der Waals surface area contributed by atoms with Crippen LogP contribution in [-0.2, 0) is 10.0 Å². The highest BCUT2D eigenvalue weighted by molar-refractivity contribution is 7.92. The Balaban J connectivity index is 1.49. The maximum absolute atomic E-state index is 13.2. The molecule has 0 spiro atoms. The normalized spacial score (nSPS) is 21.1. The summed E-state index contributed by atoms with van der Waals surface area (Å²) in [5, 5.41) is 3.72. The van der Waals surface area contributed by atoms with E-state index in [0.29, 0.717) is 17.4 Å². The first-order chi connectivity index (χ1) is 15.9. The zero-order valence-electron chi connectivity index (χ0n) is 19.0. The molecule has 0 fully saturated rings. The number of hydrogen-bond donors (Lipinski definition) is 2. The second-order valence-electron chi connectivity index (χ2n) is 8.92. The van der Waals surface area contributed by atoms with Crippen LogP contribution < -0.4 is 14.8 Å². The number of anilines is 2. The van der Waals surface area contributed by atoms with Crippen LogP contribution in [0, 0.1) is 19.8 Å². The van der Waals surface area contributed by atoms with Gasteiger partial charge in [0.1, 0.15) is 5.75 Å². The molecule has 170 valence electrons. The second-order valence-corrected chi connectivity index (χ2v) is 10.6. The zero-order chi connectivity index (χ0) is 23.2. The lowest BCUT2D eigenvalue weighted by Crippen LogP contribution is -2.30. The van der Waals surface area contributed by atoms with Gasteiger partial charge < -0.3 is 10.1 Å². The summed E-state index contributed by atoms with van der Waals surface area (Å²) in [6.07, 6.45) is 5.42. The minimum atomic E-state index is -3.74. The summed E-state index contributed by atoms with van der Waals surface area (Å²) in [7, 11) is -2.18. The SMILES string of the molecule is COc1cccc(NS(=O)(=O)c2ccc3c(c2)[C@H]2C=CC[C@H]2[C@@H](c2cc(C)ccc2C)N3)c1. The van der Waals surface area contributed by atoms with Gasteiger partial charge in [-0.1, -0.05) is 42.0 Å². The summed E-state index contributed by atoms with van der Waals surface area (Å²) in [6, 6.07) is 19.1. The fourth-order valence-electron chi connectivity index (χ4n) is 5.04. The monoisotopic (exact) mass is 460 g/mol. The topological polar surface area (TPSA) is 67.4 Å². The predicted octanol–water partition coefficient (Wildman–Crippen LogP) is 5.94. The average molecular weight is 461 g/mol. The highest BCUT2D eigenvalue weighted by Crippen LogP contribution is 2.50. The molecule has 1 aliphatic carbocycles. The molecule has 3 aromatic rings. The van der Waals surface area contributed by atoms with E-state index in [0.717, 1.165) is 17.7 Å². The third kappa shape index (κ3) is 4.00. The Kier molecular flexibility index (Phi) is 5.41. The summed E-state index contributed by atoms with van der Waals surface area (Å²) in [6.45, 7) is 4.28. The number of aryl methyl sites for hydroxylation is 2. The molecule has 0 amide bonds. The minimum absolute atomic E-state index is 0.179. The van der Waals surface area contributed by atoms with E-state index in [2.05, 4.69) is 54.2 Å². The molecule has 0 bridgehead atoms. The van der Waals surface area contributed by atoms with Crippen molar-refractivity contribution in [2.24, 2.45) is 5.92 Å². The van der Waals surface area contributed by atoms with Crippen molar-refractivity contribution in [2.45, 2.75) is 37.1 Å². The molecule has 0 saturated heterocycles. The van der Waals surface area contributed by atoms with Gasteiger partial charge >= 0.3 is 0 Å². The average Bonchev–Trinajstić information content (AvgIpc) is 3.30. The molecule has 0 radical (unpaired) electrons. The maximum atomic E-state index is 13.2. The Morgan fingerprint density at radius 1 is 1.00 bits per heavy atom. The van der Waals surface area contributed by atoms with Crippen molar-refractivity contribution in [3.8, 4) is 5.75 Å². The van der Waals surface area contributed by atoms with Gasteiger partial charge in [-0.15, -0.1) is 0 Å². The number of sulfonamides is 1. The molecule has 2 aliphatic rings. The third-order valence-electron chi connectivity index (χ3n) is 6.74. The van der Waals surface area contributed by atoms with Crippen molar-refractivity contribution < 1.29 is 13.2 Å². The van der Waals surface area contributed by atoms with Gasteiger partial charge in [0, 0.05) is 17.7 Å².